The van der Waals surface area contributed by atoms with E-state index in [2.05, 4.69) is 219 Å². The van der Waals surface area contributed by atoms with Crippen LogP contribution in [0.25, 0.3) is 22.3 Å². The lowest BCUT2D eigenvalue weighted by Gasteiger charge is -2.45. The number of fused-ring (bicyclic) bond motifs is 7. The summed E-state index contributed by atoms with van der Waals surface area (Å²) in [6.45, 7) is 23.2. The van der Waals surface area contributed by atoms with Crippen LogP contribution in [0.3, 0.4) is 0 Å². The molecule has 1 aliphatic carbocycles. The van der Waals surface area contributed by atoms with Crippen molar-refractivity contribution in [2.45, 2.75) is 91.9 Å². The van der Waals surface area contributed by atoms with E-state index in [0.29, 0.717) is 0 Å². The summed E-state index contributed by atoms with van der Waals surface area (Å²) in [6.07, 6.45) is 0.985. The molecule has 3 aliphatic rings. The molecule has 0 N–H and O–H groups in total. The number of rotatable bonds is 3. The molecule has 0 spiro atoms. The highest BCUT2D eigenvalue weighted by Gasteiger charge is 2.44. The highest BCUT2D eigenvalue weighted by Crippen LogP contribution is 2.48. The van der Waals surface area contributed by atoms with Crippen LogP contribution in [0.2, 0.25) is 0 Å². The lowest BCUT2D eigenvalue weighted by molar-refractivity contribution is 0.590. The Bertz CT molecular complexity index is 2820. The van der Waals surface area contributed by atoms with Crippen LogP contribution >= 0.6 is 0 Å². The molecule has 2 nitrogen and oxygen atoms in total. The summed E-state index contributed by atoms with van der Waals surface area (Å²) >= 11 is 0. The molecule has 7 aromatic rings. The van der Waals surface area contributed by atoms with Gasteiger partial charge < -0.3 is 9.80 Å². The number of hydrogen-bond acceptors (Lipinski definition) is 2. The summed E-state index contributed by atoms with van der Waals surface area (Å²) in [7, 11) is 0. The molecular formula is C56H55BN2. The minimum absolute atomic E-state index is 0.00365. The maximum absolute atomic E-state index is 2.59. The Kier molecular flexibility index (Phi) is 8.32. The van der Waals surface area contributed by atoms with Gasteiger partial charge in [0.2, 0.25) is 0 Å². The Morgan fingerprint density at radius 3 is 1.58 bits per heavy atom. The van der Waals surface area contributed by atoms with Crippen molar-refractivity contribution in [2.24, 2.45) is 0 Å². The van der Waals surface area contributed by atoms with E-state index in [0.717, 1.165) is 6.42 Å². The number of anilines is 6. The first-order valence-electron chi connectivity index (χ1n) is 21.5. The van der Waals surface area contributed by atoms with Gasteiger partial charge in [-0.25, -0.2) is 0 Å². The van der Waals surface area contributed by atoms with E-state index >= 15 is 0 Å². The van der Waals surface area contributed by atoms with Crippen molar-refractivity contribution < 1.29 is 0 Å². The second kappa shape index (κ2) is 13.1. The Labute approximate surface area is 352 Å². The zero-order valence-corrected chi connectivity index (χ0v) is 36.5. The fourth-order valence-electron chi connectivity index (χ4n) is 9.97. The number of benzene rings is 7. The van der Waals surface area contributed by atoms with Crippen molar-refractivity contribution in [1.82, 2.24) is 0 Å². The second-order valence-electron chi connectivity index (χ2n) is 20.4. The predicted molar refractivity (Wildman–Crippen MR) is 255 cm³/mol. The summed E-state index contributed by atoms with van der Waals surface area (Å²) < 4.78 is 0. The summed E-state index contributed by atoms with van der Waals surface area (Å²) in [5.74, 6) is 0. The number of hydrogen-bond donors (Lipinski definition) is 0. The smallest absolute Gasteiger partial charge is 0.252 e. The number of nitrogens with zero attached hydrogens (tertiary/aromatic N) is 2. The molecule has 59 heavy (non-hydrogen) atoms. The molecule has 2 heterocycles. The van der Waals surface area contributed by atoms with E-state index in [1.54, 1.807) is 0 Å². The van der Waals surface area contributed by atoms with Gasteiger partial charge in [0.1, 0.15) is 0 Å². The molecule has 3 heteroatoms. The molecule has 292 valence electrons. The van der Waals surface area contributed by atoms with Crippen LogP contribution in [0.5, 0.6) is 0 Å². The standard InChI is InChI=1S/C56H55BN2/c1-35-29-50-53-51(30-35)59(43-18-13-16-37(32-43)45-20-14-17-38-31-36-15-11-12-19-44(36)52(38)45)49-34-41(56(8,9)10)24-28-47(49)57(53)46-27-23-40(55(5,6)7)33-48(46)58(50)42-25-21-39(22-26-42)54(2,3)4/h11-30,32-34H,31H2,1-10H3. The monoisotopic (exact) mass is 766 g/mol. The van der Waals surface area contributed by atoms with Crippen molar-refractivity contribution >= 4 is 57.2 Å². The normalized spacial score (nSPS) is 14.1. The van der Waals surface area contributed by atoms with Gasteiger partial charge in [0.05, 0.1) is 0 Å². The molecule has 10 rings (SSSR count). The summed E-state index contributed by atoms with van der Waals surface area (Å²) in [6, 6.07) is 54.0. The van der Waals surface area contributed by atoms with Crippen molar-refractivity contribution in [1.29, 1.82) is 0 Å². The molecule has 0 saturated heterocycles. The Balaban J connectivity index is 1.24. The molecule has 0 fully saturated rings. The third-order valence-corrected chi connectivity index (χ3v) is 13.2. The average Bonchev–Trinajstić information content (AvgIpc) is 3.58. The first kappa shape index (κ1) is 37.5. The van der Waals surface area contributed by atoms with Gasteiger partial charge in [0.25, 0.3) is 6.71 Å². The lowest BCUT2D eigenvalue weighted by Crippen LogP contribution is -2.61. The summed E-state index contributed by atoms with van der Waals surface area (Å²) in [5, 5.41) is 0. The van der Waals surface area contributed by atoms with Crippen molar-refractivity contribution in [3.8, 4) is 22.3 Å². The second-order valence-corrected chi connectivity index (χ2v) is 20.4. The van der Waals surface area contributed by atoms with Crippen LogP contribution in [0.4, 0.5) is 34.1 Å². The molecule has 0 radical (unpaired) electrons. The highest BCUT2D eigenvalue weighted by molar-refractivity contribution is 7.00. The molecule has 0 saturated carbocycles. The summed E-state index contributed by atoms with van der Waals surface area (Å²) in [4.78, 5) is 5.15. The Hall–Kier alpha value is -5.80. The van der Waals surface area contributed by atoms with Crippen LogP contribution in [-0.2, 0) is 22.7 Å². The van der Waals surface area contributed by atoms with E-state index in [1.165, 1.54) is 106 Å². The van der Waals surface area contributed by atoms with Gasteiger partial charge in [-0.3, -0.25) is 0 Å². The molecule has 0 aromatic heterocycles. The van der Waals surface area contributed by atoms with E-state index in [1.807, 2.05) is 0 Å². The molecule has 2 aliphatic heterocycles. The molecule has 0 bridgehead atoms. The minimum atomic E-state index is -0.0132. The molecule has 7 aromatic carbocycles. The van der Waals surface area contributed by atoms with Crippen molar-refractivity contribution in [3.63, 3.8) is 0 Å². The van der Waals surface area contributed by atoms with Crippen LogP contribution in [0, 0.1) is 6.92 Å². The lowest BCUT2D eigenvalue weighted by atomic mass is 9.33. The fraction of sp³-hybridized carbons (Fsp3) is 0.250. The minimum Gasteiger partial charge on any atom is -0.311 e. The molecule has 0 atom stereocenters. The van der Waals surface area contributed by atoms with E-state index in [-0.39, 0.29) is 23.0 Å². The Morgan fingerprint density at radius 1 is 0.441 bits per heavy atom. The molecular weight excluding hydrogens is 711 g/mol. The van der Waals surface area contributed by atoms with Crippen molar-refractivity contribution in [3.05, 3.63) is 173 Å². The van der Waals surface area contributed by atoms with Crippen LogP contribution < -0.4 is 26.2 Å². The highest BCUT2D eigenvalue weighted by atomic mass is 15.2. The largest absolute Gasteiger partial charge is 0.311 e. The quantitative estimate of drug-likeness (QED) is 0.165. The zero-order valence-electron chi connectivity index (χ0n) is 36.5. The van der Waals surface area contributed by atoms with Crippen LogP contribution in [-0.4, -0.2) is 6.71 Å². The maximum Gasteiger partial charge on any atom is 0.252 e. The van der Waals surface area contributed by atoms with Gasteiger partial charge in [-0.2, -0.15) is 0 Å². The topological polar surface area (TPSA) is 6.48 Å². The van der Waals surface area contributed by atoms with Gasteiger partial charge >= 0.3 is 0 Å². The third-order valence-electron chi connectivity index (χ3n) is 13.2. The first-order chi connectivity index (χ1) is 28.1. The first-order valence-corrected chi connectivity index (χ1v) is 21.5. The van der Waals surface area contributed by atoms with Crippen LogP contribution in [0.15, 0.2) is 140 Å². The van der Waals surface area contributed by atoms with E-state index in [9.17, 15) is 0 Å². The molecule has 0 unspecified atom stereocenters. The number of aryl methyl sites for hydroxylation is 1. The zero-order chi connectivity index (χ0) is 41.2. The van der Waals surface area contributed by atoms with Gasteiger partial charge in [0.15, 0.2) is 0 Å². The summed E-state index contributed by atoms with van der Waals surface area (Å²) in [5.41, 5.74) is 24.9. The third kappa shape index (κ3) is 6.07. The molecule has 0 amide bonds. The fourth-order valence-corrected chi connectivity index (χ4v) is 9.97. The van der Waals surface area contributed by atoms with Crippen LogP contribution in [0.1, 0.15) is 95.7 Å². The predicted octanol–water partition coefficient (Wildman–Crippen LogP) is 13.2. The SMILES string of the molecule is Cc1cc2c3c(c1)N(c1cccc(-c4cccc5c4-c4ccccc4C5)c1)c1cc(C(C)(C)C)ccc1B3c1ccc(C(C)(C)C)cc1N2c1ccc(C(C)(C)C)cc1. The van der Waals surface area contributed by atoms with Gasteiger partial charge in [-0.1, -0.05) is 153 Å². The van der Waals surface area contributed by atoms with Gasteiger partial charge in [0, 0.05) is 34.1 Å². The maximum atomic E-state index is 2.59. The average molecular weight is 767 g/mol. The van der Waals surface area contributed by atoms with E-state index in [4.69, 9.17) is 0 Å². The van der Waals surface area contributed by atoms with E-state index < -0.39 is 0 Å². The van der Waals surface area contributed by atoms with Gasteiger partial charge in [-0.15, -0.1) is 0 Å². The van der Waals surface area contributed by atoms with Crippen molar-refractivity contribution in [2.75, 3.05) is 9.80 Å². The Morgan fingerprint density at radius 2 is 0.966 bits per heavy atom. The van der Waals surface area contributed by atoms with Gasteiger partial charge in [-0.05, 0) is 150 Å².